The zero-order valence-electron chi connectivity index (χ0n) is 11.7. The molecule has 0 bridgehead atoms. The summed E-state index contributed by atoms with van der Waals surface area (Å²) in [4.78, 5) is 17.8. The number of carbonyl (C=O) groups is 1. The van der Waals surface area contributed by atoms with E-state index in [9.17, 15) is 9.90 Å². The largest absolute Gasteiger partial charge is 0.469 e. The van der Waals surface area contributed by atoms with Crippen molar-refractivity contribution in [2.75, 3.05) is 31.8 Å². The van der Waals surface area contributed by atoms with Crippen LogP contribution in [-0.4, -0.2) is 55.1 Å². The van der Waals surface area contributed by atoms with E-state index < -0.39 is 0 Å². The van der Waals surface area contributed by atoms with E-state index >= 15 is 0 Å². The van der Waals surface area contributed by atoms with Gasteiger partial charge in [-0.25, -0.2) is 4.98 Å². The van der Waals surface area contributed by atoms with Crippen LogP contribution in [0.4, 0.5) is 5.13 Å². The SMILES string of the molecule is COC(=O)CCc1csc(N2CC(CO)OCC2C)n1. The lowest BCUT2D eigenvalue weighted by Crippen LogP contribution is -2.49. The molecule has 2 unspecified atom stereocenters. The molecule has 0 amide bonds. The Morgan fingerprint density at radius 3 is 3.20 bits per heavy atom. The molecule has 1 fully saturated rings. The van der Waals surface area contributed by atoms with Gasteiger partial charge in [0.25, 0.3) is 0 Å². The average molecular weight is 300 g/mol. The molecule has 2 atom stereocenters. The maximum atomic E-state index is 11.1. The van der Waals surface area contributed by atoms with Gasteiger partial charge in [0.05, 0.1) is 44.6 Å². The van der Waals surface area contributed by atoms with Gasteiger partial charge in [-0.05, 0) is 6.92 Å². The van der Waals surface area contributed by atoms with Crippen LogP contribution < -0.4 is 4.90 Å². The minimum atomic E-state index is -0.223. The molecule has 1 aliphatic heterocycles. The summed E-state index contributed by atoms with van der Waals surface area (Å²) in [6.45, 7) is 3.32. The number of methoxy groups -OCH3 is 1. The highest BCUT2D eigenvalue weighted by Crippen LogP contribution is 2.26. The third kappa shape index (κ3) is 3.68. The van der Waals surface area contributed by atoms with E-state index in [1.54, 1.807) is 11.3 Å². The Bertz CT molecular complexity index is 451. The number of rotatable bonds is 5. The molecule has 0 aromatic carbocycles. The molecule has 112 valence electrons. The van der Waals surface area contributed by atoms with Crippen LogP contribution >= 0.6 is 11.3 Å². The van der Waals surface area contributed by atoms with Crippen LogP contribution in [-0.2, 0) is 20.7 Å². The van der Waals surface area contributed by atoms with Gasteiger partial charge in [-0.15, -0.1) is 11.3 Å². The van der Waals surface area contributed by atoms with Gasteiger partial charge in [-0.3, -0.25) is 4.79 Å². The molecule has 1 aromatic rings. The second kappa shape index (κ2) is 7.01. The molecule has 20 heavy (non-hydrogen) atoms. The fourth-order valence-corrected chi connectivity index (χ4v) is 3.04. The molecule has 1 aliphatic rings. The van der Waals surface area contributed by atoms with Crippen LogP contribution in [0.1, 0.15) is 19.0 Å². The van der Waals surface area contributed by atoms with Crippen molar-refractivity contribution >= 4 is 22.4 Å². The molecule has 1 N–H and O–H groups in total. The van der Waals surface area contributed by atoms with Crippen molar-refractivity contribution in [2.24, 2.45) is 0 Å². The van der Waals surface area contributed by atoms with Crippen molar-refractivity contribution < 1.29 is 19.4 Å². The Morgan fingerprint density at radius 1 is 1.70 bits per heavy atom. The first kappa shape index (κ1) is 15.2. The van der Waals surface area contributed by atoms with Crippen LogP contribution in [0.3, 0.4) is 0 Å². The summed E-state index contributed by atoms with van der Waals surface area (Å²) in [5.41, 5.74) is 0.898. The summed E-state index contributed by atoms with van der Waals surface area (Å²) >= 11 is 1.56. The summed E-state index contributed by atoms with van der Waals surface area (Å²) in [5, 5.41) is 12.1. The minimum Gasteiger partial charge on any atom is -0.469 e. The lowest BCUT2D eigenvalue weighted by molar-refractivity contribution is -0.140. The Kier molecular flexibility index (Phi) is 5.33. The van der Waals surface area contributed by atoms with E-state index in [0.717, 1.165) is 10.8 Å². The van der Waals surface area contributed by atoms with Gasteiger partial charge in [-0.1, -0.05) is 0 Å². The number of aliphatic hydroxyl groups excluding tert-OH is 1. The molecule has 0 aliphatic carbocycles. The Hall–Kier alpha value is -1.18. The fourth-order valence-electron chi connectivity index (χ4n) is 2.07. The van der Waals surface area contributed by atoms with E-state index in [0.29, 0.717) is 26.0 Å². The summed E-state index contributed by atoms with van der Waals surface area (Å²) < 4.78 is 10.1. The highest BCUT2D eigenvalue weighted by Gasteiger charge is 2.27. The third-order valence-electron chi connectivity index (χ3n) is 3.31. The Morgan fingerprint density at radius 2 is 2.50 bits per heavy atom. The zero-order chi connectivity index (χ0) is 14.5. The standard InChI is InChI=1S/C13H20N2O4S/c1-9-7-19-11(6-16)5-15(9)13-14-10(8-20-13)3-4-12(17)18-2/h8-9,11,16H,3-7H2,1-2H3. The highest BCUT2D eigenvalue weighted by molar-refractivity contribution is 7.13. The smallest absolute Gasteiger partial charge is 0.305 e. The van der Waals surface area contributed by atoms with Crippen LogP contribution in [0, 0.1) is 0 Å². The first-order chi connectivity index (χ1) is 9.63. The van der Waals surface area contributed by atoms with E-state index in [2.05, 4.69) is 21.5 Å². The number of carbonyl (C=O) groups excluding carboxylic acids is 1. The summed E-state index contributed by atoms with van der Waals surface area (Å²) in [7, 11) is 1.39. The second-order valence-corrected chi connectivity index (χ2v) is 5.67. The van der Waals surface area contributed by atoms with Crippen molar-refractivity contribution in [3.8, 4) is 0 Å². The van der Waals surface area contributed by atoms with Gasteiger partial charge in [-0.2, -0.15) is 0 Å². The lowest BCUT2D eigenvalue weighted by Gasteiger charge is -2.37. The molecular formula is C13H20N2O4S. The number of aromatic nitrogens is 1. The van der Waals surface area contributed by atoms with Crippen LogP contribution in [0.25, 0.3) is 0 Å². The molecule has 1 saturated heterocycles. The number of nitrogens with zero attached hydrogens (tertiary/aromatic N) is 2. The summed E-state index contributed by atoms with van der Waals surface area (Å²) in [6, 6.07) is 0.234. The quantitative estimate of drug-likeness (QED) is 0.812. The molecule has 7 heteroatoms. The Labute approximate surface area is 122 Å². The number of anilines is 1. The van der Waals surface area contributed by atoms with Crippen molar-refractivity contribution in [3.63, 3.8) is 0 Å². The molecule has 2 heterocycles. The van der Waals surface area contributed by atoms with Gasteiger partial charge < -0.3 is 19.5 Å². The topological polar surface area (TPSA) is 71.9 Å². The highest BCUT2D eigenvalue weighted by atomic mass is 32.1. The van der Waals surface area contributed by atoms with Crippen LogP contribution in [0.2, 0.25) is 0 Å². The number of esters is 1. The van der Waals surface area contributed by atoms with Crippen molar-refractivity contribution in [3.05, 3.63) is 11.1 Å². The van der Waals surface area contributed by atoms with E-state index in [-0.39, 0.29) is 24.7 Å². The number of aliphatic hydroxyl groups is 1. The second-order valence-electron chi connectivity index (χ2n) is 4.84. The Balaban J connectivity index is 1.98. The normalized spacial score (nSPS) is 22.9. The number of hydrogen-bond donors (Lipinski definition) is 1. The van der Waals surface area contributed by atoms with Crippen LogP contribution in [0.5, 0.6) is 0 Å². The first-order valence-corrected chi connectivity index (χ1v) is 7.52. The maximum absolute atomic E-state index is 11.1. The van der Waals surface area contributed by atoms with Crippen molar-refractivity contribution in [1.82, 2.24) is 4.98 Å². The fraction of sp³-hybridized carbons (Fsp3) is 0.692. The maximum Gasteiger partial charge on any atom is 0.305 e. The minimum absolute atomic E-state index is 0.0177. The van der Waals surface area contributed by atoms with Crippen molar-refractivity contribution in [1.29, 1.82) is 0 Å². The molecule has 2 rings (SSSR count). The lowest BCUT2D eigenvalue weighted by atomic mass is 10.2. The number of aryl methyl sites for hydroxylation is 1. The summed E-state index contributed by atoms with van der Waals surface area (Å²) in [5.74, 6) is -0.223. The number of hydrogen-bond acceptors (Lipinski definition) is 7. The predicted octanol–water partition coefficient (Wildman–Crippen LogP) is 0.835. The molecule has 0 saturated carbocycles. The monoisotopic (exact) mass is 300 g/mol. The van der Waals surface area contributed by atoms with E-state index in [1.165, 1.54) is 7.11 Å². The van der Waals surface area contributed by atoms with Crippen LogP contribution in [0.15, 0.2) is 5.38 Å². The van der Waals surface area contributed by atoms with Gasteiger partial charge in [0.1, 0.15) is 0 Å². The average Bonchev–Trinajstić information content (AvgIpc) is 2.94. The first-order valence-electron chi connectivity index (χ1n) is 6.64. The third-order valence-corrected chi connectivity index (χ3v) is 4.23. The molecular weight excluding hydrogens is 280 g/mol. The molecule has 0 spiro atoms. The van der Waals surface area contributed by atoms with Gasteiger partial charge in [0.15, 0.2) is 5.13 Å². The van der Waals surface area contributed by atoms with Crippen molar-refractivity contribution in [2.45, 2.75) is 31.9 Å². The zero-order valence-corrected chi connectivity index (χ0v) is 12.6. The van der Waals surface area contributed by atoms with Gasteiger partial charge >= 0.3 is 5.97 Å². The van der Waals surface area contributed by atoms with E-state index in [4.69, 9.17) is 4.74 Å². The molecule has 0 radical (unpaired) electrons. The summed E-state index contributed by atoms with van der Waals surface area (Å²) in [6.07, 6.45) is 0.775. The van der Waals surface area contributed by atoms with E-state index in [1.807, 2.05) is 5.38 Å². The molecule has 1 aromatic heterocycles. The molecule has 6 nitrogen and oxygen atoms in total. The van der Waals surface area contributed by atoms with Gasteiger partial charge in [0.2, 0.25) is 0 Å². The number of thiazole rings is 1. The number of morpholine rings is 1. The van der Waals surface area contributed by atoms with Gasteiger partial charge in [0, 0.05) is 18.3 Å². The predicted molar refractivity (Wildman–Crippen MR) is 76.1 cm³/mol. The number of ether oxygens (including phenoxy) is 2.